The van der Waals surface area contributed by atoms with Gasteiger partial charge in [0.25, 0.3) is 0 Å². The topological polar surface area (TPSA) is 57.5 Å². The summed E-state index contributed by atoms with van der Waals surface area (Å²) in [6.07, 6.45) is 3.74. The minimum absolute atomic E-state index is 0.0505. The highest BCUT2D eigenvalue weighted by Crippen LogP contribution is 2.39. The van der Waals surface area contributed by atoms with Gasteiger partial charge in [0.05, 0.1) is 0 Å². The van der Waals surface area contributed by atoms with E-state index in [-0.39, 0.29) is 17.3 Å². The fourth-order valence-electron chi connectivity index (χ4n) is 4.50. The molecule has 1 aliphatic carbocycles. The fraction of sp³-hybridized carbons (Fsp3) is 0.107. The monoisotopic (exact) mass is 406 g/mol. The summed E-state index contributed by atoms with van der Waals surface area (Å²) in [6, 6.07) is 22.9. The first-order valence-corrected chi connectivity index (χ1v) is 10.3. The SMILES string of the molecule is Cc1cc(C2(c3ccc(O)c(C)c3)C=c3cc4ccccc4cc3=CC2=O)ccc1O. The van der Waals surface area contributed by atoms with Crippen LogP contribution in [0.15, 0.2) is 72.8 Å². The van der Waals surface area contributed by atoms with Gasteiger partial charge in [-0.05, 0) is 87.7 Å². The molecular formula is C28H22O3. The zero-order valence-electron chi connectivity index (χ0n) is 17.4. The number of carbonyl (C=O) groups excluding carboxylic acids is 1. The van der Waals surface area contributed by atoms with Crippen LogP contribution in [0.5, 0.6) is 11.5 Å². The first kappa shape index (κ1) is 19.1. The molecule has 0 aliphatic heterocycles. The van der Waals surface area contributed by atoms with Gasteiger partial charge in [0.15, 0.2) is 5.78 Å². The molecule has 3 nitrogen and oxygen atoms in total. The summed E-state index contributed by atoms with van der Waals surface area (Å²) < 4.78 is 0. The maximum Gasteiger partial charge on any atom is 0.175 e. The number of rotatable bonds is 2. The van der Waals surface area contributed by atoms with Crippen molar-refractivity contribution in [2.75, 3.05) is 0 Å². The first-order chi connectivity index (χ1) is 14.9. The van der Waals surface area contributed by atoms with E-state index in [9.17, 15) is 15.0 Å². The van der Waals surface area contributed by atoms with Crippen LogP contribution in [-0.2, 0) is 10.2 Å². The predicted molar refractivity (Wildman–Crippen MR) is 124 cm³/mol. The van der Waals surface area contributed by atoms with Gasteiger partial charge in [0, 0.05) is 0 Å². The zero-order valence-corrected chi connectivity index (χ0v) is 17.4. The Kier molecular flexibility index (Phi) is 4.23. The maximum atomic E-state index is 13.8. The Morgan fingerprint density at radius 2 is 1.19 bits per heavy atom. The van der Waals surface area contributed by atoms with Gasteiger partial charge >= 0.3 is 0 Å². The van der Waals surface area contributed by atoms with E-state index < -0.39 is 5.41 Å². The average molecular weight is 406 g/mol. The number of ketones is 1. The number of phenolic OH excluding ortho intramolecular Hbond substituents is 2. The second-order valence-electron chi connectivity index (χ2n) is 8.29. The van der Waals surface area contributed by atoms with Gasteiger partial charge in [-0.25, -0.2) is 0 Å². The molecule has 152 valence electrons. The van der Waals surface area contributed by atoms with Crippen LogP contribution < -0.4 is 10.4 Å². The van der Waals surface area contributed by atoms with Crippen molar-refractivity contribution in [2.45, 2.75) is 19.3 Å². The molecule has 0 aromatic heterocycles. The highest BCUT2D eigenvalue weighted by atomic mass is 16.3. The normalized spacial score (nSPS) is 14.6. The second kappa shape index (κ2) is 6.85. The minimum atomic E-state index is -1.05. The highest BCUT2D eigenvalue weighted by Gasteiger charge is 2.40. The summed E-state index contributed by atoms with van der Waals surface area (Å²) in [5.74, 6) is 0.337. The summed E-state index contributed by atoms with van der Waals surface area (Å²) in [5.41, 5.74) is 1.93. The Morgan fingerprint density at radius 3 is 1.71 bits per heavy atom. The number of carbonyl (C=O) groups is 1. The summed E-state index contributed by atoms with van der Waals surface area (Å²) in [5, 5.41) is 24.2. The molecule has 0 amide bonds. The lowest BCUT2D eigenvalue weighted by Crippen LogP contribution is -2.43. The summed E-state index contributed by atoms with van der Waals surface area (Å²) in [4.78, 5) is 13.8. The van der Waals surface area contributed by atoms with Crippen LogP contribution >= 0.6 is 0 Å². The summed E-state index contributed by atoms with van der Waals surface area (Å²) in [6.45, 7) is 3.65. The molecule has 4 aromatic carbocycles. The Hall–Kier alpha value is -3.85. The van der Waals surface area contributed by atoms with Gasteiger partial charge in [-0.2, -0.15) is 0 Å². The molecule has 0 bridgehead atoms. The molecule has 0 atom stereocenters. The van der Waals surface area contributed by atoms with Crippen LogP contribution in [-0.4, -0.2) is 16.0 Å². The average Bonchev–Trinajstić information content (AvgIpc) is 2.76. The van der Waals surface area contributed by atoms with E-state index in [2.05, 4.69) is 12.1 Å². The molecule has 31 heavy (non-hydrogen) atoms. The quantitative estimate of drug-likeness (QED) is 0.529. The second-order valence-corrected chi connectivity index (χ2v) is 8.29. The third kappa shape index (κ3) is 2.93. The van der Waals surface area contributed by atoms with Gasteiger partial charge in [-0.1, -0.05) is 54.6 Å². The van der Waals surface area contributed by atoms with Crippen molar-refractivity contribution in [3.8, 4) is 11.5 Å². The fourth-order valence-corrected chi connectivity index (χ4v) is 4.50. The molecule has 2 N–H and O–H groups in total. The van der Waals surface area contributed by atoms with E-state index in [4.69, 9.17) is 0 Å². The largest absolute Gasteiger partial charge is 0.508 e. The van der Waals surface area contributed by atoms with Crippen LogP contribution in [0.2, 0.25) is 0 Å². The van der Waals surface area contributed by atoms with Crippen molar-refractivity contribution in [1.29, 1.82) is 0 Å². The van der Waals surface area contributed by atoms with Gasteiger partial charge in [-0.15, -0.1) is 0 Å². The van der Waals surface area contributed by atoms with Crippen molar-refractivity contribution >= 4 is 28.7 Å². The van der Waals surface area contributed by atoms with Crippen LogP contribution in [0.3, 0.4) is 0 Å². The number of aryl methyl sites for hydroxylation is 2. The highest BCUT2D eigenvalue weighted by molar-refractivity contribution is 6.19. The lowest BCUT2D eigenvalue weighted by atomic mass is 9.68. The van der Waals surface area contributed by atoms with Crippen molar-refractivity contribution in [3.63, 3.8) is 0 Å². The number of benzene rings is 4. The number of hydrogen-bond acceptors (Lipinski definition) is 3. The van der Waals surface area contributed by atoms with Crippen molar-refractivity contribution in [3.05, 3.63) is 105 Å². The van der Waals surface area contributed by atoms with Crippen molar-refractivity contribution in [1.82, 2.24) is 0 Å². The molecule has 0 radical (unpaired) electrons. The molecule has 0 heterocycles. The minimum Gasteiger partial charge on any atom is -0.508 e. The molecule has 0 spiro atoms. The predicted octanol–water partition coefficient (Wildman–Crippen LogP) is 4.00. The third-order valence-corrected chi connectivity index (χ3v) is 6.30. The smallest absolute Gasteiger partial charge is 0.175 e. The van der Waals surface area contributed by atoms with E-state index in [0.717, 1.165) is 32.3 Å². The van der Waals surface area contributed by atoms with Crippen molar-refractivity contribution < 1.29 is 15.0 Å². The molecule has 4 aromatic rings. The van der Waals surface area contributed by atoms with E-state index in [1.54, 1.807) is 30.3 Å². The van der Waals surface area contributed by atoms with Crippen LogP contribution in [0.1, 0.15) is 22.3 Å². The standard InChI is InChI=1S/C28H22O3/c1-17-11-23(7-9-25(17)29)28(24-8-10-26(30)18(2)12-24)16-22-14-20-6-4-3-5-19(20)13-21(22)15-27(28)31/h3-16,29-30H,1-2H3. The number of phenols is 2. The van der Waals surface area contributed by atoms with Crippen LogP contribution in [0.4, 0.5) is 0 Å². The molecular weight excluding hydrogens is 384 g/mol. The number of aromatic hydroxyl groups is 2. The molecule has 0 saturated carbocycles. The van der Waals surface area contributed by atoms with Crippen LogP contribution in [0, 0.1) is 13.8 Å². The van der Waals surface area contributed by atoms with Crippen LogP contribution in [0.25, 0.3) is 22.9 Å². The lowest BCUT2D eigenvalue weighted by molar-refractivity contribution is -0.115. The van der Waals surface area contributed by atoms with Gasteiger partial charge < -0.3 is 10.2 Å². The lowest BCUT2D eigenvalue weighted by Gasteiger charge is -2.32. The number of Topliss-reactive ketones (excluding diaryl/α,β-unsaturated/α-hetero) is 1. The Balaban J connectivity index is 1.89. The number of fused-ring (bicyclic) bond motifs is 2. The molecule has 0 fully saturated rings. The molecule has 3 heteroatoms. The Bertz CT molecular complexity index is 1440. The van der Waals surface area contributed by atoms with E-state index in [0.29, 0.717) is 11.1 Å². The molecule has 5 rings (SSSR count). The summed E-state index contributed by atoms with van der Waals surface area (Å²) in [7, 11) is 0. The maximum absolute atomic E-state index is 13.8. The number of hydrogen-bond donors (Lipinski definition) is 2. The molecule has 1 aliphatic rings. The van der Waals surface area contributed by atoms with Gasteiger partial charge in [0.1, 0.15) is 16.9 Å². The van der Waals surface area contributed by atoms with E-state index >= 15 is 0 Å². The van der Waals surface area contributed by atoms with Gasteiger partial charge in [-0.3, -0.25) is 4.79 Å². The molecule has 0 unspecified atom stereocenters. The van der Waals surface area contributed by atoms with E-state index in [1.165, 1.54) is 0 Å². The van der Waals surface area contributed by atoms with Crippen molar-refractivity contribution in [2.24, 2.45) is 0 Å². The van der Waals surface area contributed by atoms with Gasteiger partial charge in [0.2, 0.25) is 0 Å². The zero-order chi connectivity index (χ0) is 21.8. The van der Waals surface area contributed by atoms with E-state index in [1.807, 2.05) is 56.3 Å². The third-order valence-electron chi connectivity index (χ3n) is 6.30. The molecule has 0 saturated heterocycles. The Morgan fingerprint density at radius 1 is 0.677 bits per heavy atom. The Labute approximate surface area is 180 Å². The first-order valence-electron chi connectivity index (χ1n) is 10.3. The summed E-state index contributed by atoms with van der Waals surface area (Å²) >= 11 is 0.